The highest BCUT2D eigenvalue weighted by atomic mass is 35.5. The summed E-state index contributed by atoms with van der Waals surface area (Å²) in [6, 6.07) is 2.10. The van der Waals surface area contributed by atoms with E-state index in [-0.39, 0.29) is 0 Å². The first-order valence-corrected chi connectivity index (χ1v) is 8.26. The summed E-state index contributed by atoms with van der Waals surface area (Å²) in [5.41, 5.74) is 8.85. The van der Waals surface area contributed by atoms with E-state index in [0.29, 0.717) is 23.7 Å². The van der Waals surface area contributed by atoms with Crippen LogP contribution in [0, 0.1) is 0 Å². The van der Waals surface area contributed by atoms with Crippen LogP contribution in [0.4, 0.5) is 0 Å². The van der Waals surface area contributed by atoms with Crippen LogP contribution in [0.25, 0.3) is 21.2 Å². The largest absolute Gasteiger partial charge is 0.476 e. The number of pyridine rings is 2. The summed E-state index contributed by atoms with van der Waals surface area (Å²) in [6.07, 6.45) is 5.60. The molecule has 1 saturated heterocycles. The third-order valence-corrected chi connectivity index (χ3v) is 4.45. The minimum absolute atomic E-state index is 0.349. The molecule has 1 aliphatic rings. The zero-order valence-electron chi connectivity index (χ0n) is 13.7. The maximum absolute atomic E-state index is 8.82. The van der Waals surface area contributed by atoms with Crippen LogP contribution in [0.5, 0.6) is 5.88 Å². The normalized spacial score (nSPS) is 17.7. The van der Waals surface area contributed by atoms with Gasteiger partial charge < -0.3 is 10.1 Å². The van der Waals surface area contributed by atoms with Crippen LogP contribution in [0.3, 0.4) is 0 Å². The van der Waals surface area contributed by atoms with E-state index in [4.69, 9.17) is 21.9 Å². The molecule has 1 aliphatic heterocycles. The molecule has 0 amide bonds. The van der Waals surface area contributed by atoms with E-state index in [2.05, 4.69) is 25.3 Å². The van der Waals surface area contributed by atoms with Gasteiger partial charge >= 0.3 is 0 Å². The van der Waals surface area contributed by atoms with Gasteiger partial charge in [-0.2, -0.15) is 0 Å². The Balaban J connectivity index is 2.01. The molecule has 2 aromatic rings. The number of hydrogen-bond donors (Lipinski definition) is 1. The lowest BCUT2D eigenvalue weighted by atomic mass is 9.93. The van der Waals surface area contributed by atoms with Crippen molar-refractivity contribution in [1.29, 1.82) is 0 Å². The van der Waals surface area contributed by atoms with Gasteiger partial charge in [-0.05, 0) is 41.9 Å². The molecule has 0 spiro atoms. The Hall–Kier alpha value is -2.08. The third kappa shape index (κ3) is 3.38. The van der Waals surface area contributed by atoms with Gasteiger partial charge in [-0.3, -0.25) is 0 Å². The Morgan fingerprint density at radius 2 is 2.25 bits per heavy atom. The summed E-state index contributed by atoms with van der Waals surface area (Å²) in [5, 5.41) is 9.22. The molecule has 126 valence electrons. The quantitative estimate of drug-likeness (QED) is 0.383. The smallest absolute Gasteiger partial charge is 0.222 e. The maximum Gasteiger partial charge on any atom is 0.222 e. The average molecular weight is 347 g/mol. The number of ether oxygens (including phenoxy) is 1. The molecule has 24 heavy (non-hydrogen) atoms. The topological polar surface area (TPSA) is 95.8 Å². The van der Waals surface area contributed by atoms with E-state index in [1.807, 2.05) is 13.8 Å². The maximum atomic E-state index is 8.82. The van der Waals surface area contributed by atoms with Crippen LogP contribution in [0.15, 0.2) is 23.6 Å². The Morgan fingerprint density at radius 3 is 2.96 bits per heavy atom. The molecule has 1 atom stereocenters. The number of fused-ring (bicyclic) bond motifs is 1. The van der Waals surface area contributed by atoms with Gasteiger partial charge in [-0.1, -0.05) is 30.6 Å². The molecule has 8 heteroatoms. The minimum Gasteiger partial charge on any atom is -0.476 e. The Morgan fingerprint density at radius 1 is 1.42 bits per heavy atom. The summed E-state index contributed by atoms with van der Waals surface area (Å²) in [7, 11) is 0. The monoisotopic (exact) mass is 346 g/mol. The first kappa shape index (κ1) is 16.8. The number of hydrogen-bond acceptors (Lipinski definition) is 5. The van der Waals surface area contributed by atoms with E-state index in [0.717, 1.165) is 29.3 Å². The highest BCUT2D eigenvalue weighted by molar-refractivity contribution is 6.30. The lowest BCUT2D eigenvalue weighted by molar-refractivity contribution is 0.270. The Labute approximate surface area is 145 Å². The van der Waals surface area contributed by atoms with Crippen LogP contribution >= 0.6 is 11.6 Å². The van der Waals surface area contributed by atoms with Gasteiger partial charge in [0.15, 0.2) is 0 Å². The van der Waals surface area contributed by atoms with Crippen LogP contribution in [-0.2, 0) is 5.54 Å². The molecule has 0 radical (unpaired) electrons. The van der Waals surface area contributed by atoms with E-state index in [1.165, 1.54) is 6.42 Å². The van der Waals surface area contributed by atoms with Gasteiger partial charge in [0.2, 0.25) is 5.88 Å². The molecule has 0 saturated carbocycles. The second-order valence-electron chi connectivity index (χ2n) is 6.38. The first-order valence-electron chi connectivity index (χ1n) is 7.88. The number of nitrogens with one attached hydrogen (secondary N) is 1. The zero-order valence-corrected chi connectivity index (χ0v) is 14.4. The van der Waals surface area contributed by atoms with Crippen molar-refractivity contribution >= 4 is 22.4 Å². The minimum atomic E-state index is -0.754. The van der Waals surface area contributed by atoms with Gasteiger partial charge in [-0.15, -0.1) is 0 Å². The molecule has 1 fully saturated rings. The van der Waals surface area contributed by atoms with Crippen molar-refractivity contribution in [3.8, 4) is 5.88 Å². The van der Waals surface area contributed by atoms with Crippen molar-refractivity contribution in [3.63, 3.8) is 0 Å². The number of aromatic nitrogens is 2. The molecule has 2 aromatic heterocycles. The van der Waals surface area contributed by atoms with Crippen molar-refractivity contribution in [2.75, 3.05) is 13.2 Å². The summed E-state index contributed by atoms with van der Waals surface area (Å²) in [5.74, 6) is 0.517. The lowest BCUT2D eigenvalue weighted by Gasteiger charge is -2.21. The van der Waals surface area contributed by atoms with E-state index < -0.39 is 5.54 Å². The van der Waals surface area contributed by atoms with E-state index >= 15 is 0 Å². The van der Waals surface area contributed by atoms with Crippen molar-refractivity contribution in [3.05, 3.63) is 39.6 Å². The molecule has 0 aromatic carbocycles. The molecule has 0 unspecified atom stereocenters. The van der Waals surface area contributed by atoms with Gasteiger partial charge in [0, 0.05) is 23.3 Å². The fourth-order valence-corrected chi connectivity index (χ4v) is 3.09. The van der Waals surface area contributed by atoms with Crippen LogP contribution < -0.4 is 10.1 Å². The van der Waals surface area contributed by atoms with E-state index in [1.54, 1.807) is 18.5 Å². The fourth-order valence-electron chi connectivity index (χ4n) is 2.93. The second kappa shape index (κ2) is 6.81. The van der Waals surface area contributed by atoms with Crippen LogP contribution in [0.1, 0.15) is 32.3 Å². The summed E-state index contributed by atoms with van der Waals surface area (Å²) in [6.45, 7) is 5.25. The zero-order chi connectivity index (χ0) is 17.2. The molecular weight excluding hydrogens is 328 g/mol. The number of rotatable bonds is 5. The van der Waals surface area contributed by atoms with Crippen LogP contribution in [-0.4, -0.2) is 29.2 Å². The molecule has 7 nitrogen and oxygen atoms in total. The number of halogens is 1. The predicted molar refractivity (Wildman–Crippen MR) is 93.2 cm³/mol. The first-order chi connectivity index (χ1) is 11.5. The van der Waals surface area contributed by atoms with Crippen molar-refractivity contribution < 1.29 is 4.74 Å². The van der Waals surface area contributed by atoms with Gasteiger partial charge in [0.1, 0.15) is 11.8 Å². The third-order valence-electron chi connectivity index (χ3n) is 4.24. The molecule has 1 N–H and O–H groups in total. The molecule has 3 rings (SSSR count). The Kier molecular flexibility index (Phi) is 4.76. The van der Waals surface area contributed by atoms with Crippen LogP contribution in [0.2, 0.25) is 5.15 Å². The SMILES string of the molecule is CC(C)(N=[N+]=[N-])c1cnc(OC[C@H]2CCCN2)c2cnc(Cl)cc12. The number of azide groups is 1. The second-order valence-corrected chi connectivity index (χ2v) is 6.77. The summed E-state index contributed by atoms with van der Waals surface area (Å²) >= 11 is 6.07. The van der Waals surface area contributed by atoms with Crippen molar-refractivity contribution in [1.82, 2.24) is 15.3 Å². The van der Waals surface area contributed by atoms with Gasteiger partial charge in [-0.25, -0.2) is 9.97 Å². The lowest BCUT2D eigenvalue weighted by Crippen LogP contribution is -2.28. The fraction of sp³-hybridized carbons (Fsp3) is 0.500. The van der Waals surface area contributed by atoms with Crippen molar-refractivity contribution in [2.24, 2.45) is 5.11 Å². The molecular formula is C16H19ClN6O. The molecule has 0 bridgehead atoms. The summed E-state index contributed by atoms with van der Waals surface area (Å²) in [4.78, 5) is 11.5. The Bertz CT molecular complexity index is 796. The predicted octanol–water partition coefficient (Wildman–Crippen LogP) is 3.96. The van der Waals surface area contributed by atoms with Gasteiger partial charge in [0.05, 0.1) is 10.9 Å². The van der Waals surface area contributed by atoms with Gasteiger partial charge in [0.25, 0.3) is 0 Å². The standard InChI is InChI=1S/C16H19ClN6O/c1-16(2,22-23-18)13-8-21-15(24-9-10-4-3-5-19-10)12-7-20-14(17)6-11(12)13/h6-8,10,19H,3-5,9H2,1-2H3/t10-/m1/s1. The summed E-state index contributed by atoms with van der Waals surface area (Å²) < 4.78 is 5.91. The van der Waals surface area contributed by atoms with E-state index in [9.17, 15) is 0 Å². The molecule has 0 aliphatic carbocycles. The van der Waals surface area contributed by atoms with Crippen molar-refractivity contribution in [2.45, 2.75) is 38.3 Å². The average Bonchev–Trinajstić information content (AvgIpc) is 3.05. The number of nitrogens with zero attached hydrogens (tertiary/aromatic N) is 5. The molecule has 3 heterocycles. The highest BCUT2D eigenvalue weighted by Crippen LogP contribution is 2.35. The highest BCUT2D eigenvalue weighted by Gasteiger charge is 2.24.